The molecule has 3 aromatic rings. The van der Waals surface area contributed by atoms with Gasteiger partial charge in [0.25, 0.3) is 5.56 Å². The molecule has 156 valence electrons. The van der Waals surface area contributed by atoms with Gasteiger partial charge in [0.2, 0.25) is 17.7 Å². The lowest BCUT2D eigenvalue weighted by atomic mass is 9.92. The van der Waals surface area contributed by atoms with Crippen LogP contribution in [-0.2, 0) is 16.1 Å². The molecular formula is C19H17BrFN5O4. The van der Waals surface area contributed by atoms with Crippen LogP contribution in [0.5, 0.6) is 5.88 Å². The largest absolute Gasteiger partial charge is 0.473 e. The Hall–Kier alpha value is -2.92. The molecule has 1 aromatic carbocycles. The molecule has 30 heavy (non-hydrogen) atoms. The fourth-order valence-corrected chi connectivity index (χ4v) is 3.42. The minimum Gasteiger partial charge on any atom is -0.473 e. The smallest absolute Gasteiger partial charge is 0.275 e. The summed E-state index contributed by atoms with van der Waals surface area (Å²) in [5, 5.41) is 7.60. The first-order chi connectivity index (χ1) is 14.4. The van der Waals surface area contributed by atoms with Crippen LogP contribution in [0.3, 0.4) is 0 Å². The monoisotopic (exact) mass is 477 g/mol. The van der Waals surface area contributed by atoms with Gasteiger partial charge in [-0.2, -0.15) is 0 Å². The number of hydrogen-bond donors (Lipinski definition) is 1. The van der Waals surface area contributed by atoms with Crippen LogP contribution in [0.2, 0.25) is 0 Å². The van der Waals surface area contributed by atoms with Crippen molar-refractivity contribution < 1.29 is 18.7 Å². The Morgan fingerprint density at radius 1 is 1.27 bits per heavy atom. The van der Waals surface area contributed by atoms with E-state index in [1.807, 2.05) is 0 Å². The molecule has 9 nitrogen and oxygen atoms in total. The van der Waals surface area contributed by atoms with E-state index in [1.165, 1.54) is 0 Å². The first-order valence-electron chi connectivity index (χ1n) is 9.10. The van der Waals surface area contributed by atoms with Crippen molar-refractivity contribution in [2.24, 2.45) is 0 Å². The molecule has 4 rings (SSSR count). The van der Waals surface area contributed by atoms with Crippen molar-refractivity contribution in [2.75, 3.05) is 12.4 Å². The van der Waals surface area contributed by atoms with Gasteiger partial charge in [-0.3, -0.25) is 14.9 Å². The highest BCUT2D eigenvalue weighted by molar-refractivity contribution is 9.10. The van der Waals surface area contributed by atoms with E-state index in [1.54, 1.807) is 25.3 Å². The van der Waals surface area contributed by atoms with E-state index in [9.17, 15) is 14.0 Å². The number of nitrogens with zero attached hydrogens (tertiary/aromatic N) is 4. The summed E-state index contributed by atoms with van der Waals surface area (Å²) in [5.74, 6) is -1.02. The summed E-state index contributed by atoms with van der Waals surface area (Å²) in [4.78, 5) is 32.5. The first kappa shape index (κ1) is 20.4. The molecular weight excluding hydrogens is 461 g/mol. The molecule has 11 heteroatoms. The number of anilines is 1. The highest BCUT2D eigenvalue weighted by Gasteiger charge is 2.32. The highest BCUT2D eigenvalue weighted by Crippen LogP contribution is 2.31. The van der Waals surface area contributed by atoms with Crippen LogP contribution in [-0.4, -0.2) is 45.0 Å². The zero-order valence-corrected chi connectivity index (χ0v) is 17.4. The number of fused-ring (bicyclic) bond motifs is 1. The molecule has 0 aliphatic heterocycles. The SMILES string of the molecule is CO[C@H]1C[C@H](Oc2nn(CC(=O)Nc3ncc(F)cn3)c(=O)c3ccc(Br)cc23)C1. The number of benzene rings is 1. The summed E-state index contributed by atoms with van der Waals surface area (Å²) < 4.78 is 26.0. The Bertz CT molecular complexity index is 1150. The van der Waals surface area contributed by atoms with E-state index in [-0.39, 0.29) is 30.6 Å². The molecule has 1 N–H and O–H groups in total. The number of ether oxygens (including phenoxy) is 2. The molecule has 0 atom stereocenters. The first-order valence-corrected chi connectivity index (χ1v) is 9.89. The van der Waals surface area contributed by atoms with Crippen molar-refractivity contribution in [3.8, 4) is 5.88 Å². The number of nitrogens with one attached hydrogen (secondary N) is 1. The average molecular weight is 478 g/mol. The quantitative estimate of drug-likeness (QED) is 0.579. The lowest BCUT2D eigenvalue weighted by Crippen LogP contribution is -2.39. The van der Waals surface area contributed by atoms with Gasteiger partial charge in [-0.15, -0.1) is 5.10 Å². The second-order valence-corrected chi connectivity index (χ2v) is 7.72. The van der Waals surface area contributed by atoms with Crippen LogP contribution in [0.15, 0.2) is 39.9 Å². The summed E-state index contributed by atoms with van der Waals surface area (Å²) in [6, 6.07) is 5.13. The van der Waals surface area contributed by atoms with Gasteiger partial charge in [0.15, 0.2) is 5.82 Å². The van der Waals surface area contributed by atoms with E-state index >= 15 is 0 Å². The minimum absolute atomic E-state index is 0.0734. The Morgan fingerprint density at radius 3 is 2.70 bits per heavy atom. The Morgan fingerprint density at radius 2 is 2.00 bits per heavy atom. The third-order valence-corrected chi connectivity index (χ3v) is 5.21. The number of carbonyl (C=O) groups is 1. The number of halogens is 2. The van der Waals surface area contributed by atoms with Crippen molar-refractivity contribution in [3.05, 3.63) is 51.2 Å². The van der Waals surface area contributed by atoms with Crippen LogP contribution in [0.1, 0.15) is 12.8 Å². The van der Waals surface area contributed by atoms with E-state index in [2.05, 4.69) is 36.3 Å². The Balaban J connectivity index is 1.61. The number of methoxy groups -OCH3 is 1. The Labute approximate surface area is 178 Å². The third-order valence-electron chi connectivity index (χ3n) is 4.72. The lowest BCUT2D eigenvalue weighted by Gasteiger charge is -2.33. The molecule has 0 spiro atoms. The lowest BCUT2D eigenvalue weighted by molar-refractivity contribution is -0.117. The number of amides is 1. The second-order valence-electron chi connectivity index (χ2n) is 6.80. The van der Waals surface area contributed by atoms with E-state index in [4.69, 9.17) is 9.47 Å². The second kappa shape index (κ2) is 8.44. The number of carbonyl (C=O) groups excluding carboxylic acids is 1. The number of hydrogen-bond acceptors (Lipinski definition) is 7. The van der Waals surface area contributed by atoms with Gasteiger partial charge in [0.05, 0.1) is 29.3 Å². The molecule has 0 unspecified atom stereocenters. The molecule has 0 bridgehead atoms. The zero-order chi connectivity index (χ0) is 21.3. The molecule has 1 saturated carbocycles. The molecule has 0 radical (unpaired) electrons. The van der Waals surface area contributed by atoms with Crippen molar-refractivity contribution in [1.82, 2.24) is 19.7 Å². The van der Waals surface area contributed by atoms with Gasteiger partial charge >= 0.3 is 0 Å². The van der Waals surface area contributed by atoms with E-state index in [0.717, 1.165) is 34.4 Å². The third kappa shape index (κ3) is 4.31. The van der Waals surface area contributed by atoms with Crippen molar-refractivity contribution >= 4 is 38.6 Å². The fourth-order valence-electron chi connectivity index (χ4n) is 3.06. The average Bonchev–Trinajstić information content (AvgIpc) is 2.69. The summed E-state index contributed by atoms with van der Waals surface area (Å²) >= 11 is 3.39. The molecule has 0 saturated heterocycles. The van der Waals surface area contributed by atoms with Gasteiger partial charge < -0.3 is 9.47 Å². The van der Waals surface area contributed by atoms with Crippen LogP contribution in [0, 0.1) is 5.82 Å². The topological polar surface area (TPSA) is 108 Å². The van der Waals surface area contributed by atoms with Crippen molar-refractivity contribution in [3.63, 3.8) is 0 Å². The van der Waals surface area contributed by atoms with Gasteiger partial charge in [-0.1, -0.05) is 15.9 Å². The Kier molecular flexibility index (Phi) is 5.73. The maximum Gasteiger partial charge on any atom is 0.275 e. The summed E-state index contributed by atoms with van der Waals surface area (Å²) in [6.07, 6.45) is 3.35. The van der Waals surface area contributed by atoms with Crippen molar-refractivity contribution in [1.29, 1.82) is 0 Å². The molecule has 1 amide bonds. The van der Waals surface area contributed by atoms with Gasteiger partial charge in [-0.05, 0) is 18.2 Å². The molecule has 1 fully saturated rings. The van der Waals surface area contributed by atoms with Gasteiger partial charge in [0.1, 0.15) is 12.6 Å². The predicted molar refractivity (Wildman–Crippen MR) is 109 cm³/mol. The number of rotatable bonds is 6. The molecule has 1 aliphatic rings. The summed E-state index contributed by atoms with van der Waals surface area (Å²) in [7, 11) is 1.65. The van der Waals surface area contributed by atoms with Crippen LogP contribution < -0.4 is 15.6 Å². The summed E-state index contributed by atoms with van der Waals surface area (Å²) in [5.41, 5.74) is -0.441. The van der Waals surface area contributed by atoms with Crippen molar-refractivity contribution in [2.45, 2.75) is 31.6 Å². The molecule has 1 aliphatic carbocycles. The van der Waals surface area contributed by atoms with E-state index in [0.29, 0.717) is 10.8 Å². The maximum absolute atomic E-state index is 12.9. The standard InChI is InChI=1S/C19H17BrFN5O4/c1-29-12-5-13(6-12)30-17-15-4-10(20)2-3-14(15)18(28)26(25-17)9-16(27)24-19-22-7-11(21)8-23-19/h2-4,7-8,12-13H,5-6,9H2,1H3,(H,22,23,24,27)/t12-,13-. The summed E-state index contributed by atoms with van der Waals surface area (Å²) in [6.45, 7) is -0.382. The van der Waals surface area contributed by atoms with Crippen LogP contribution in [0.25, 0.3) is 10.8 Å². The highest BCUT2D eigenvalue weighted by atomic mass is 79.9. The predicted octanol–water partition coefficient (Wildman–Crippen LogP) is 2.28. The number of aromatic nitrogens is 4. The zero-order valence-electron chi connectivity index (χ0n) is 15.8. The fraction of sp³-hybridized carbons (Fsp3) is 0.316. The van der Waals surface area contributed by atoms with Crippen LogP contribution >= 0.6 is 15.9 Å². The molecule has 2 aromatic heterocycles. The maximum atomic E-state index is 12.9. The van der Waals surface area contributed by atoms with Gasteiger partial charge in [-0.25, -0.2) is 19.0 Å². The van der Waals surface area contributed by atoms with Crippen LogP contribution in [0.4, 0.5) is 10.3 Å². The normalized spacial score (nSPS) is 18.1. The minimum atomic E-state index is -0.625. The van der Waals surface area contributed by atoms with E-state index < -0.39 is 17.3 Å². The molecule has 2 heterocycles. The van der Waals surface area contributed by atoms with Gasteiger partial charge in [0, 0.05) is 24.4 Å².